The third-order valence-corrected chi connectivity index (χ3v) is 6.61. The first-order valence-corrected chi connectivity index (χ1v) is 10.7. The van der Waals surface area contributed by atoms with Crippen LogP contribution in [0.15, 0.2) is 60.8 Å². The number of carbonyl (C=O) groups is 1. The normalized spacial score (nSPS) is 15.8. The minimum Gasteiger partial charge on any atom is -0.345 e. The number of aromatic nitrogens is 2. The van der Waals surface area contributed by atoms with Gasteiger partial charge in [-0.1, -0.05) is 24.3 Å². The molecule has 0 bridgehead atoms. The zero-order valence-corrected chi connectivity index (χ0v) is 17.0. The lowest BCUT2D eigenvalue weighted by atomic mass is 9.87. The smallest absolute Gasteiger partial charge is 0.251 e. The molecule has 4 nitrogen and oxygen atoms in total. The molecule has 144 valence electrons. The molecule has 1 N–H and O–H groups in total. The molecule has 0 aliphatic heterocycles. The third kappa shape index (κ3) is 3.42. The van der Waals surface area contributed by atoms with Crippen LogP contribution in [0, 0.1) is 6.92 Å². The summed E-state index contributed by atoms with van der Waals surface area (Å²) in [5, 5.41) is 4.17. The van der Waals surface area contributed by atoms with Gasteiger partial charge in [0.2, 0.25) is 0 Å². The summed E-state index contributed by atoms with van der Waals surface area (Å²) >= 11 is 1.60. The van der Waals surface area contributed by atoms with Crippen LogP contribution in [0.3, 0.4) is 0 Å². The maximum atomic E-state index is 13.0. The van der Waals surface area contributed by atoms with Crippen LogP contribution in [0.5, 0.6) is 0 Å². The van der Waals surface area contributed by atoms with Gasteiger partial charge in [-0.3, -0.25) is 9.78 Å². The summed E-state index contributed by atoms with van der Waals surface area (Å²) < 4.78 is 1.01. The van der Waals surface area contributed by atoms with Gasteiger partial charge in [0.15, 0.2) is 0 Å². The van der Waals surface area contributed by atoms with Crippen LogP contribution in [0.25, 0.3) is 20.8 Å². The summed E-state index contributed by atoms with van der Waals surface area (Å²) in [6.45, 7) is 1.99. The number of thiazole rings is 1. The van der Waals surface area contributed by atoms with E-state index in [-0.39, 0.29) is 11.9 Å². The average Bonchev–Trinajstić information content (AvgIpc) is 3.17. The Morgan fingerprint density at radius 2 is 2.03 bits per heavy atom. The number of amides is 1. The lowest BCUT2D eigenvalue weighted by molar-refractivity contribution is 0.0933. The Bertz CT molecular complexity index is 1210. The third-order valence-electron chi connectivity index (χ3n) is 5.56. The van der Waals surface area contributed by atoms with Crippen molar-refractivity contribution < 1.29 is 4.79 Å². The molecule has 29 heavy (non-hydrogen) atoms. The van der Waals surface area contributed by atoms with E-state index in [2.05, 4.69) is 34.6 Å². The number of nitrogens with one attached hydrogen (secondary N) is 1. The number of nitrogens with zero attached hydrogens (tertiary/aromatic N) is 2. The molecule has 2 aromatic heterocycles. The van der Waals surface area contributed by atoms with E-state index in [1.165, 1.54) is 11.1 Å². The molecule has 4 aromatic rings. The highest BCUT2D eigenvalue weighted by molar-refractivity contribution is 7.21. The Kier molecular flexibility index (Phi) is 4.60. The van der Waals surface area contributed by atoms with Gasteiger partial charge < -0.3 is 5.32 Å². The summed E-state index contributed by atoms with van der Waals surface area (Å²) in [5.41, 5.74) is 6.18. The monoisotopic (exact) mass is 399 g/mol. The summed E-state index contributed by atoms with van der Waals surface area (Å²) in [4.78, 5) is 22.1. The summed E-state index contributed by atoms with van der Waals surface area (Å²) in [6, 6.07) is 18.2. The Morgan fingerprint density at radius 3 is 2.93 bits per heavy atom. The Morgan fingerprint density at radius 1 is 1.14 bits per heavy atom. The molecule has 5 rings (SSSR count). The first-order valence-electron chi connectivity index (χ1n) is 9.90. The van der Waals surface area contributed by atoms with Gasteiger partial charge in [-0.2, -0.15) is 0 Å². The fraction of sp³-hybridized carbons (Fsp3) is 0.208. The number of pyridine rings is 1. The second kappa shape index (κ2) is 7.41. The van der Waals surface area contributed by atoms with Crippen LogP contribution in [0.1, 0.15) is 46.1 Å². The minimum absolute atomic E-state index is 0.0267. The van der Waals surface area contributed by atoms with Gasteiger partial charge in [0.05, 0.1) is 16.3 Å². The Hall–Kier alpha value is -3.05. The van der Waals surface area contributed by atoms with E-state index in [4.69, 9.17) is 4.98 Å². The summed E-state index contributed by atoms with van der Waals surface area (Å²) in [7, 11) is 0. The number of fused-ring (bicyclic) bond motifs is 2. The van der Waals surface area contributed by atoms with Crippen molar-refractivity contribution in [1.29, 1.82) is 0 Å². The van der Waals surface area contributed by atoms with Crippen LogP contribution in [0.4, 0.5) is 0 Å². The van der Waals surface area contributed by atoms with Crippen molar-refractivity contribution in [1.82, 2.24) is 15.3 Å². The average molecular weight is 400 g/mol. The molecule has 0 saturated carbocycles. The van der Waals surface area contributed by atoms with E-state index in [0.29, 0.717) is 5.56 Å². The van der Waals surface area contributed by atoms with Crippen LogP contribution < -0.4 is 5.32 Å². The molecule has 0 saturated heterocycles. The zero-order chi connectivity index (χ0) is 19.8. The molecule has 1 aliphatic rings. The van der Waals surface area contributed by atoms with Crippen molar-refractivity contribution >= 4 is 27.5 Å². The number of hydrogen-bond acceptors (Lipinski definition) is 4. The standard InChI is InChI=1S/C24H21N3OS/c1-15-18(9-5-13-25-15)24-27-21-12-11-17(14-22(21)29-24)23(28)26-20-10-4-7-16-6-2-3-8-19(16)20/h2-3,5-6,8-9,11-14,20H,4,7,10H2,1H3,(H,26,28). The molecule has 1 atom stereocenters. The first-order chi connectivity index (χ1) is 14.2. The molecule has 5 heteroatoms. The van der Waals surface area contributed by atoms with E-state index in [1.807, 2.05) is 37.3 Å². The van der Waals surface area contributed by atoms with Gasteiger partial charge in [-0.25, -0.2) is 4.98 Å². The molecule has 0 radical (unpaired) electrons. The van der Waals surface area contributed by atoms with E-state index >= 15 is 0 Å². The maximum Gasteiger partial charge on any atom is 0.251 e. The second-order valence-electron chi connectivity index (χ2n) is 7.45. The molecule has 1 amide bonds. The van der Waals surface area contributed by atoms with E-state index in [9.17, 15) is 4.79 Å². The molecular formula is C24H21N3OS. The van der Waals surface area contributed by atoms with Gasteiger partial charge >= 0.3 is 0 Å². The molecule has 1 unspecified atom stereocenters. The van der Waals surface area contributed by atoms with Crippen LogP contribution >= 0.6 is 11.3 Å². The first kappa shape index (κ1) is 18.0. The fourth-order valence-corrected chi connectivity index (χ4v) is 5.12. The van der Waals surface area contributed by atoms with Crippen LogP contribution in [-0.4, -0.2) is 15.9 Å². The molecule has 2 aromatic carbocycles. The lowest BCUT2D eigenvalue weighted by Gasteiger charge is -2.26. The SMILES string of the molecule is Cc1ncccc1-c1nc2ccc(C(=O)NC3CCCc4ccccc43)cc2s1. The molecule has 0 fully saturated rings. The van der Waals surface area contributed by atoms with E-state index in [0.717, 1.165) is 45.7 Å². The van der Waals surface area contributed by atoms with Gasteiger partial charge in [0, 0.05) is 23.0 Å². The second-order valence-corrected chi connectivity index (χ2v) is 8.49. The lowest BCUT2D eigenvalue weighted by Crippen LogP contribution is -2.30. The highest BCUT2D eigenvalue weighted by atomic mass is 32.1. The van der Waals surface area contributed by atoms with E-state index < -0.39 is 0 Å². The largest absolute Gasteiger partial charge is 0.345 e. The van der Waals surface area contributed by atoms with Crippen LogP contribution in [-0.2, 0) is 6.42 Å². The topological polar surface area (TPSA) is 54.9 Å². The van der Waals surface area contributed by atoms with Crippen molar-refractivity contribution in [3.05, 3.63) is 83.2 Å². The number of hydrogen-bond donors (Lipinski definition) is 1. The highest BCUT2D eigenvalue weighted by Crippen LogP contribution is 2.33. The predicted molar refractivity (Wildman–Crippen MR) is 117 cm³/mol. The summed E-state index contributed by atoms with van der Waals surface area (Å²) in [6.07, 6.45) is 4.96. The van der Waals surface area contributed by atoms with Crippen molar-refractivity contribution in [3.63, 3.8) is 0 Å². The van der Waals surface area contributed by atoms with Gasteiger partial charge in [0.25, 0.3) is 5.91 Å². The van der Waals surface area contributed by atoms with Crippen molar-refractivity contribution in [2.45, 2.75) is 32.2 Å². The van der Waals surface area contributed by atoms with Crippen molar-refractivity contribution in [2.24, 2.45) is 0 Å². The predicted octanol–water partition coefficient (Wildman–Crippen LogP) is 5.47. The van der Waals surface area contributed by atoms with Crippen molar-refractivity contribution in [2.75, 3.05) is 0 Å². The van der Waals surface area contributed by atoms with Crippen molar-refractivity contribution in [3.8, 4) is 10.6 Å². The zero-order valence-electron chi connectivity index (χ0n) is 16.2. The Labute approximate surface area is 173 Å². The quantitative estimate of drug-likeness (QED) is 0.497. The van der Waals surface area contributed by atoms with Gasteiger partial charge in [-0.15, -0.1) is 11.3 Å². The van der Waals surface area contributed by atoms with E-state index in [1.54, 1.807) is 17.5 Å². The number of benzene rings is 2. The fourth-order valence-electron chi connectivity index (χ4n) is 4.04. The molecule has 2 heterocycles. The van der Waals surface area contributed by atoms with Gasteiger partial charge in [-0.05, 0) is 67.6 Å². The number of aryl methyl sites for hydroxylation is 2. The highest BCUT2D eigenvalue weighted by Gasteiger charge is 2.22. The maximum absolute atomic E-state index is 13.0. The molecule has 1 aliphatic carbocycles. The summed E-state index contributed by atoms with van der Waals surface area (Å²) in [5.74, 6) is -0.0267. The molecule has 0 spiro atoms. The minimum atomic E-state index is -0.0267. The number of rotatable bonds is 3. The molecular weight excluding hydrogens is 378 g/mol. The Balaban J connectivity index is 1.42. The van der Waals surface area contributed by atoms with Crippen LogP contribution in [0.2, 0.25) is 0 Å². The van der Waals surface area contributed by atoms with Gasteiger partial charge in [0.1, 0.15) is 5.01 Å². The number of carbonyl (C=O) groups excluding carboxylic acids is 1.